The maximum Gasteiger partial charge on any atom is 0.258 e. The van der Waals surface area contributed by atoms with Gasteiger partial charge >= 0.3 is 0 Å². The summed E-state index contributed by atoms with van der Waals surface area (Å²) >= 11 is 0. The lowest BCUT2D eigenvalue weighted by Crippen LogP contribution is -2.49. The van der Waals surface area contributed by atoms with Crippen molar-refractivity contribution in [1.82, 2.24) is 9.80 Å². The van der Waals surface area contributed by atoms with Crippen molar-refractivity contribution < 1.29 is 23.1 Å². The van der Waals surface area contributed by atoms with Crippen LogP contribution in [0.25, 0.3) is 0 Å². The Morgan fingerprint density at radius 1 is 1.41 bits per heavy atom. The molecular weight excluding hydrogens is 370 g/mol. The minimum Gasteiger partial charge on any atom is -0.486 e. The van der Waals surface area contributed by atoms with Gasteiger partial charge in [0.05, 0.1) is 30.2 Å². The zero-order valence-corrected chi connectivity index (χ0v) is 17.3. The lowest BCUT2D eigenvalue weighted by molar-refractivity contribution is 0.0366. The van der Waals surface area contributed by atoms with E-state index in [1.807, 2.05) is 25.9 Å². The summed E-state index contributed by atoms with van der Waals surface area (Å²) in [7, 11) is 0.309. The Morgan fingerprint density at radius 3 is 2.63 bits per heavy atom. The zero-order valence-electron chi connectivity index (χ0n) is 16.5. The van der Waals surface area contributed by atoms with Gasteiger partial charge in [-0.15, -0.1) is 0 Å². The van der Waals surface area contributed by atoms with E-state index in [2.05, 4.69) is 4.72 Å². The lowest BCUT2D eigenvalue weighted by atomic mass is 9.99. The van der Waals surface area contributed by atoms with Gasteiger partial charge in [0, 0.05) is 19.0 Å². The molecule has 152 valence electrons. The molecule has 2 rings (SSSR count). The third kappa shape index (κ3) is 5.33. The number of nitrogens with one attached hydrogen (secondary N) is 1. The van der Waals surface area contributed by atoms with Crippen LogP contribution in [-0.2, 0) is 10.0 Å². The average molecular weight is 400 g/mol. The largest absolute Gasteiger partial charge is 0.486 e. The highest BCUT2D eigenvalue weighted by Gasteiger charge is 2.34. The summed E-state index contributed by atoms with van der Waals surface area (Å²) in [6.45, 7) is 4.64. The van der Waals surface area contributed by atoms with Gasteiger partial charge in [0.2, 0.25) is 10.0 Å². The maximum absolute atomic E-state index is 13.1. The zero-order chi connectivity index (χ0) is 20.4. The predicted octanol–water partition coefficient (Wildman–Crippen LogP) is 0.840. The van der Waals surface area contributed by atoms with Gasteiger partial charge in [0.25, 0.3) is 5.91 Å². The third-order valence-corrected chi connectivity index (χ3v) is 5.12. The molecule has 0 bridgehead atoms. The second kappa shape index (κ2) is 8.45. The minimum atomic E-state index is -3.54. The van der Waals surface area contributed by atoms with Crippen molar-refractivity contribution in [2.45, 2.75) is 26.0 Å². The summed E-state index contributed by atoms with van der Waals surface area (Å²) in [6.07, 6.45) is 0.791. The Morgan fingerprint density at radius 2 is 2.07 bits per heavy atom. The lowest BCUT2D eigenvalue weighted by Gasteiger charge is -2.38. The highest BCUT2D eigenvalue weighted by Crippen LogP contribution is 2.35. The quantitative estimate of drug-likeness (QED) is 0.735. The first-order valence-electron chi connectivity index (χ1n) is 8.87. The molecule has 1 amide bonds. The molecule has 1 aromatic carbocycles. The van der Waals surface area contributed by atoms with E-state index in [4.69, 9.17) is 4.74 Å². The number of anilines is 1. The van der Waals surface area contributed by atoms with Gasteiger partial charge in [-0.05, 0) is 33.2 Å². The van der Waals surface area contributed by atoms with Crippen LogP contribution in [0.4, 0.5) is 5.69 Å². The predicted molar refractivity (Wildman–Crippen MR) is 105 cm³/mol. The van der Waals surface area contributed by atoms with Crippen LogP contribution in [-0.4, -0.2) is 81.4 Å². The molecule has 0 unspecified atom stereocenters. The Balaban J connectivity index is 2.59. The molecule has 1 heterocycles. The number of rotatable bonds is 6. The number of carbonyl (C=O) groups is 1. The minimum absolute atomic E-state index is 0.0233. The molecule has 1 aliphatic rings. The van der Waals surface area contributed by atoms with E-state index in [1.54, 1.807) is 30.0 Å². The molecule has 8 nitrogen and oxygen atoms in total. The highest BCUT2D eigenvalue weighted by molar-refractivity contribution is 7.92. The SMILES string of the molecule is C[C@H]1CN([C@@H](C)CO)C(=O)c2cccc(NS(C)(=O)=O)c2O[C@H]1CN(C)C. The van der Waals surface area contributed by atoms with Crippen molar-refractivity contribution in [3.63, 3.8) is 0 Å². The van der Waals surface area contributed by atoms with Gasteiger partial charge in [0.1, 0.15) is 6.10 Å². The molecule has 9 heteroatoms. The van der Waals surface area contributed by atoms with Crippen molar-refractivity contribution in [2.75, 3.05) is 44.8 Å². The van der Waals surface area contributed by atoms with E-state index >= 15 is 0 Å². The number of para-hydroxylation sites is 1. The summed E-state index contributed by atoms with van der Waals surface area (Å²) in [6, 6.07) is 4.44. The summed E-state index contributed by atoms with van der Waals surface area (Å²) in [5.41, 5.74) is 0.511. The molecule has 0 fully saturated rings. The molecule has 0 aliphatic carbocycles. The van der Waals surface area contributed by atoms with Crippen LogP contribution in [0.15, 0.2) is 18.2 Å². The Kier molecular flexibility index (Phi) is 6.72. The maximum atomic E-state index is 13.1. The first-order chi connectivity index (χ1) is 12.5. The Hall–Kier alpha value is -1.84. The Labute approximate surface area is 161 Å². The molecule has 0 spiro atoms. The molecule has 1 aliphatic heterocycles. The number of hydrogen-bond donors (Lipinski definition) is 2. The number of aliphatic hydroxyl groups excluding tert-OH is 1. The molecule has 0 saturated heterocycles. The number of sulfonamides is 1. The second-order valence-corrected chi connectivity index (χ2v) is 9.19. The van der Waals surface area contributed by atoms with Crippen LogP contribution >= 0.6 is 0 Å². The van der Waals surface area contributed by atoms with Crippen LogP contribution in [0.1, 0.15) is 24.2 Å². The first-order valence-corrected chi connectivity index (χ1v) is 10.8. The van der Waals surface area contributed by atoms with Gasteiger partial charge in [0.15, 0.2) is 5.75 Å². The van der Waals surface area contributed by atoms with E-state index in [9.17, 15) is 18.3 Å². The van der Waals surface area contributed by atoms with Gasteiger partial charge in [-0.2, -0.15) is 0 Å². The van der Waals surface area contributed by atoms with Gasteiger partial charge in [-0.25, -0.2) is 8.42 Å². The average Bonchev–Trinajstić information content (AvgIpc) is 2.56. The van der Waals surface area contributed by atoms with Crippen molar-refractivity contribution >= 4 is 21.6 Å². The van der Waals surface area contributed by atoms with E-state index in [0.717, 1.165) is 6.26 Å². The number of amides is 1. The summed E-state index contributed by atoms with van der Waals surface area (Å²) in [5.74, 6) is -0.0925. The second-order valence-electron chi connectivity index (χ2n) is 7.44. The smallest absolute Gasteiger partial charge is 0.258 e. The topological polar surface area (TPSA) is 99.2 Å². The van der Waals surface area contributed by atoms with E-state index in [0.29, 0.717) is 13.1 Å². The molecule has 2 N–H and O–H groups in total. The van der Waals surface area contributed by atoms with Crippen LogP contribution < -0.4 is 9.46 Å². The van der Waals surface area contributed by atoms with Crippen molar-refractivity contribution in [2.24, 2.45) is 5.92 Å². The fraction of sp³-hybridized carbons (Fsp3) is 0.611. The van der Waals surface area contributed by atoms with Gasteiger partial charge in [-0.1, -0.05) is 13.0 Å². The summed E-state index contributed by atoms with van der Waals surface area (Å²) < 4.78 is 32.2. The number of benzene rings is 1. The molecule has 0 saturated carbocycles. The highest BCUT2D eigenvalue weighted by atomic mass is 32.2. The van der Waals surface area contributed by atoms with E-state index in [1.165, 1.54) is 0 Å². The van der Waals surface area contributed by atoms with Crippen LogP contribution in [0, 0.1) is 5.92 Å². The number of aliphatic hydroxyl groups is 1. The monoisotopic (exact) mass is 399 g/mol. The fourth-order valence-corrected chi connectivity index (χ4v) is 3.66. The van der Waals surface area contributed by atoms with Gasteiger partial charge < -0.3 is 19.6 Å². The van der Waals surface area contributed by atoms with Crippen molar-refractivity contribution in [3.05, 3.63) is 23.8 Å². The Bertz CT molecular complexity index is 781. The molecule has 0 radical (unpaired) electrons. The van der Waals surface area contributed by atoms with E-state index < -0.39 is 10.0 Å². The number of carbonyl (C=O) groups excluding carboxylic acids is 1. The van der Waals surface area contributed by atoms with Gasteiger partial charge in [-0.3, -0.25) is 9.52 Å². The van der Waals surface area contributed by atoms with Crippen molar-refractivity contribution in [3.8, 4) is 5.75 Å². The number of ether oxygens (including phenoxy) is 1. The third-order valence-electron chi connectivity index (χ3n) is 4.53. The molecule has 27 heavy (non-hydrogen) atoms. The number of fused-ring (bicyclic) bond motifs is 1. The van der Waals surface area contributed by atoms with Crippen LogP contribution in [0.3, 0.4) is 0 Å². The molecular formula is C18H29N3O5S. The normalized spacial score (nSPS) is 21.9. The van der Waals surface area contributed by atoms with E-state index in [-0.39, 0.29) is 47.6 Å². The first kappa shape index (κ1) is 21.5. The summed E-state index contributed by atoms with van der Waals surface area (Å²) in [4.78, 5) is 16.7. The molecule has 0 aromatic heterocycles. The molecule has 3 atom stereocenters. The molecule has 1 aromatic rings. The number of nitrogens with zero attached hydrogens (tertiary/aromatic N) is 2. The standard InChI is InChI=1S/C18H29N3O5S/c1-12-9-21(13(2)11-22)18(23)14-7-6-8-15(19-27(5,24)25)17(14)26-16(12)10-20(3)4/h6-8,12-13,16,19,22H,9-11H2,1-5H3/t12-,13-,16-/m0/s1. The summed E-state index contributed by atoms with van der Waals surface area (Å²) in [5, 5.41) is 9.59. The fourth-order valence-electron chi connectivity index (χ4n) is 3.10. The van der Waals surface area contributed by atoms with Crippen LogP contribution in [0.2, 0.25) is 0 Å². The number of hydrogen-bond acceptors (Lipinski definition) is 6. The number of likely N-dealkylation sites (N-methyl/N-ethyl adjacent to an activating group) is 1. The van der Waals surface area contributed by atoms with Crippen LogP contribution in [0.5, 0.6) is 5.75 Å². The van der Waals surface area contributed by atoms with Crippen molar-refractivity contribution in [1.29, 1.82) is 0 Å².